The number of fused-ring (bicyclic) bond motifs is 1. The second-order valence-electron chi connectivity index (χ2n) is 7.64. The Kier molecular flexibility index (Phi) is 5.97. The number of primary amides is 1. The van der Waals surface area contributed by atoms with Gasteiger partial charge in [-0.15, -0.1) is 0 Å². The molecule has 1 aromatic heterocycles. The van der Waals surface area contributed by atoms with Crippen molar-refractivity contribution in [3.8, 4) is 22.6 Å². The van der Waals surface area contributed by atoms with Gasteiger partial charge in [0.25, 0.3) is 5.91 Å². The smallest absolute Gasteiger partial charge is 0.418 e. The van der Waals surface area contributed by atoms with E-state index in [1.165, 1.54) is 36.4 Å². The minimum absolute atomic E-state index is 0.0978. The maximum Gasteiger partial charge on any atom is 0.418 e. The van der Waals surface area contributed by atoms with E-state index in [-0.39, 0.29) is 33.0 Å². The quantitative estimate of drug-likeness (QED) is 0.369. The highest BCUT2D eigenvalue weighted by atomic mass is 32.2. The summed E-state index contributed by atoms with van der Waals surface area (Å²) in [6, 6.07) is 13.8. The van der Waals surface area contributed by atoms with Gasteiger partial charge in [-0.25, -0.2) is 17.8 Å². The molecular formula is C24H16F4N2O4S. The number of para-hydroxylation sites is 1. The van der Waals surface area contributed by atoms with E-state index in [0.717, 1.165) is 30.5 Å². The minimum Gasteiger partial charge on any atom is -0.457 e. The number of halogens is 4. The number of carbonyl (C=O) groups is 1. The zero-order chi connectivity index (χ0) is 25.5. The summed E-state index contributed by atoms with van der Waals surface area (Å²) < 4.78 is 83.9. The molecule has 0 saturated heterocycles. The fourth-order valence-corrected chi connectivity index (χ4v) is 4.17. The lowest BCUT2D eigenvalue weighted by Crippen LogP contribution is -2.15. The van der Waals surface area contributed by atoms with Crippen LogP contribution < -0.4 is 10.5 Å². The Balaban J connectivity index is 1.86. The zero-order valence-electron chi connectivity index (χ0n) is 17.9. The van der Waals surface area contributed by atoms with E-state index in [0.29, 0.717) is 5.56 Å². The fourth-order valence-electron chi connectivity index (χ4n) is 3.52. The van der Waals surface area contributed by atoms with Crippen molar-refractivity contribution in [3.05, 3.63) is 83.8 Å². The standard InChI is InChI=1S/C24H16F4N2O4S/c1-35(32,33)17-10-14(25)9-16(11-17)34-15-5-2-4-13(8-15)19-12-21(23(29)31)30-22-18(19)6-3-7-20(22)24(26,27)28/h2-12H,1H3,(H2,29,31). The summed E-state index contributed by atoms with van der Waals surface area (Å²) in [4.78, 5) is 15.4. The summed E-state index contributed by atoms with van der Waals surface area (Å²) in [5.41, 5.74) is 4.07. The first-order valence-electron chi connectivity index (χ1n) is 9.92. The number of ether oxygens (including phenoxy) is 1. The van der Waals surface area contributed by atoms with E-state index < -0.39 is 38.8 Å². The number of nitrogens with zero attached hydrogens (tertiary/aromatic N) is 1. The molecular weight excluding hydrogens is 488 g/mol. The number of pyridine rings is 1. The number of nitrogens with two attached hydrogens (primary N) is 1. The number of benzene rings is 3. The normalized spacial score (nSPS) is 12.0. The van der Waals surface area contributed by atoms with Crippen molar-refractivity contribution in [2.45, 2.75) is 11.1 Å². The maximum absolute atomic E-state index is 13.9. The molecule has 4 aromatic rings. The molecule has 1 amide bonds. The third kappa shape index (κ3) is 5.09. The molecule has 0 spiro atoms. The van der Waals surface area contributed by atoms with Gasteiger partial charge in [-0.1, -0.05) is 24.3 Å². The Morgan fingerprint density at radius 3 is 2.34 bits per heavy atom. The predicted octanol–water partition coefficient (Wildman–Crippen LogP) is 5.35. The molecule has 0 bridgehead atoms. The monoisotopic (exact) mass is 504 g/mol. The first-order chi connectivity index (χ1) is 16.3. The van der Waals surface area contributed by atoms with Crippen molar-refractivity contribution < 1.29 is 35.5 Å². The highest BCUT2D eigenvalue weighted by Gasteiger charge is 2.34. The lowest BCUT2D eigenvalue weighted by molar-refractivity contribution is -0.136. The van der Waals surface area contributed by atoms with Crippen LogP contribution in [0.1, 0.15) is 16.1 Å². The Bertz CT molecular complexity index is 1580. The van der Waals surface area contributed by atoms with E-state index in [1.54, 1.807) is 6.07 Å². The highest BCUT2D eigenvalue weighted by Crippen LogP contribution is 2.38. The Labute approximate surface area is 196 Å². The third-order valence-electron chi connectivity index (χ3n) is 5.05. The van der Waals surface area contributed by atoms with Crippen LogP contribution in [0, 0.1) is 5.82 Å². The van der Waals surface area contributed by atoms with Crippen LogP contribution in [0.25, 0.3) is 22.0 Å². The number of amides is 1. The molecule has 0 aliphatic rings. The van der Waals surface area contributed by atoms with Gasteiger partial charge in [-0.2, -0.15) is 13.2 Å². The van der Waals surface area contributed by atoms with Gasteiger partial charge in [0.05, 0.1) is 16.0 Å². The Morgan fingerprint density at radius 2 is 1.69 bits per heavy atom. The number of carbonyl (C=O) groups excluding carboxylic acids is 1. The summed E-state index contributed by atoms with van der Waals surface area (Å²) in [5.74, 6) is -1.79. The van der Waals surface area contributed by atoms with Crippen molar-refractivity contribution in [1.29, 1.82) is 0 Å². The van der Waals surface area contributed by atoms with Crippen LogP contribution in [-0.4, -0.2) is 25.6 Å². The summed E-state index contributed by atoms with van der Waals surface area (Å²) in [6.45, 7) is 0. The van der Waals surface area contributed by atoms with Crippen molar-refractivity contribution >= 4 is 26.6 Å². The van der Waals surface area contributed by atoms with Gasteiger partial charge < -0.3 is 10.5 Å². The average Bonchev–Trinajstić information content (AvgIpc) is 2.76. The number of rotatable bonds is 5. The van der Waals surface area contributed by atoms with Gasteiger partial charge in [0.15, 0.2) is 9.84 Å². The number of alkyl halides is 3. The minimum atomic E-state index is -4.72. The summed E-state index contributed by atoms with van der Waals surface area (Å²) in [5, 5.41) is 0.118. The molecule has 0 unspecified atom stereocenters. The topological polar surface area (TPSA) is 99.4 Å². The van der Waals surface area contributed by atoms with Gasteiger partial charge >= 0.3 is 6.18 Å². The van der Waals surface area contributed by atoms with Crippen LogP contribution in [0.4, 0.5) is 17.6 Å². The summed E-state index contributed by atoms with van der Waals surface area (Å²) in [6.07, 6.45) is -3.80. The largest absolute Gasteiger partial charge is 0.457 e. The van der Waals surface area contributed by atoms with Gasteiger partial charge in [0, 0.05) is 17.7 Å². The molecule has 4 rings (SSSR count). The zero-order valence-corrected chi connectivity index (χ0v) is 18.7. The fraction of sp³-hybridized carbons (Fsp3) is 0.0833. The second-order valence-corrected chi connectivity index (χ2v) is 9.66. The van der Waals surface area contributed by atoms with E-state index in [1.807, 2.05) is 0 Å². The molecule has 3 aromatic carbocycles. The van der Waals surface area contributed by atoms with Crippen molar-refractivity contribution in [2.75, 3.05) is 6.26 Å². The third-order valence-corrected chi connectivity index (χ3v) is 6.14. The molecule has 2 N–H and O–H groups in total. The molecule has 180 valence electrons. The van der Waals surface area contributed by atoms with Crippen molar-refractivity contribution in [1.82, 2.24) is 4.98 Å². The van der Waals surface area contributed by atoms with Gasteiger partial charge in [0.2, 0.25) is 0 Å². The molecule has 11 heteroatoms. The second kappa shape index (κ2) is 8.66. The lowest BCUT2D eigenvalue weighted by atomic mass is 9.97. The number of hydrogen-bond donors (Lipinski definition) is 1. The number of aromatic nitrogens is 1. The van der Waals surface area contributed by atoms with Gasteiger partial charge in [-0.3, -0.25) is 4.79 Å². The molecule has 0 fully saturated rings. The van der Waals surface area contributed by atoms with Crippen LogP contribution in [0.15, 0.2) is 71.6 Å². The van der Waals surface area contributed by atoms with Crippen LogP contribution in [0.5, 0.6) is 11.5 Å². The Hall–Kier alpha value is -3.99. The average molecular weight is 504 g/mol. The summed E-state index contributed by atoms with van der Waals surface area (Å²) in [7, 11) is -3.71. The molecule has 1 heterocycles. The van der Waals surface area contributed by atoms with E-state index >= 15 is 0 Å². The molecule has 0 aliphatic carbocycles. The lowest BCUT2D eigenvalue weighted by Gasteiger charge is -2.14. The first-order valence-corrected chi connectivity index (χ1v) is 11.8. The molecule has 0 aliphatic heterocycles. The SMILES string of the molecule is CS(=O)(=O)c1cc(F)cc(Oc2cccc(-c3cc(C(N)=O)nc4c(C(F)(F)F)cccc34)c2)c1. The number of sulfone groups is 1. The van der Waals surface area contributed by atoms with Crippen LogP contribution >= 0.6 is 0 Å². The van der Waals surface area contributed by atoms with Crippen molar-refractivity contribution in [3.63, 3.8) is 0 Å². The molecule has 35 heavy (non-hydrogen) atoms. The molecule has 0 atom stereocenters. The van der Waals surface area contributed by atoms with E-state index in [9.17, 15) is 30.8 Å². The van der Waals surface area contributed by atoms with Crippen LogP contribution in [0.3, 0.4) is 0 Å². The molecule has 0 saturated carbocycles. The molecule has 6 nitrogen and oxygen atoms in total. The maximum atomic E-state index is 13.9. The highest BCUT2D eigenvalue weighted by molar-refractivity contribution is 7.90. The van der Waals surface area contributed by atoms with Gasteiger partial charge in [0.1, 0.15) is 23.0 Å². The summed E-state index contributed by atoms with van der Waals surface area (Å²) >= 11 is 0. The number of hydrogen-bond acceptors (Lipinski definition) is 5. The van der Waals surface area contributed by atoms with Crippen LogP contribution in [-0.2, 0) is 16.0 Å². The van der Waals surface area contributed by atoms with E-state index in [2.05, 4.69) is 4.98 Å². The van der Waals surface area contributed by atoms with E-state index in [4.69, 9.17) is 10.5 Å². The molecule has 0 radical (unpaired) electrons. The predicted molar refractivity (Wildman–Crippen MR) is 120 cm³/mol. The Morgan fingerprint density at radius 1 is 0.971 bits per heavy atom. The van der Waals surface area contributed by atoms with Crippen molar-refractivity contribution in [2.24, 2.45) is 5.73 Å². The first kappa shape index (κ1) is 24.1. The van der Waals surface area contributed by atoms with Gasteiger partial charge in [-0.05, 0) is 47.5 Å². The van der Waals surface area contributed by atoms with Crippen LogP contribution in [0.2, 0.25) is 0 Å².